The van der Waals surface area contributed by atoms with Crippen LogP contribution in [0.4, 0.5) is 18.9 Å². The molecule has 2 aromatic rings. The van der Waals surface area contributed by atoms with Crippen LogP contribution in [-0.4, -0.2) is 49.8 Å². The zero-order chi connectivity index (χ0) is 27.9. The molecule has 0 radical (unpaired) electrons. The van der Waals surface area contributed by atoms with E-state index in [0.717, 1.165) is 6.07 Å². The van der Waals surface area contributed by atoms with Crippen molar-refractivity contribution < 1.29 is 27.5 Å². The van der Waals surface area contributed by atoms with E-state index in [0.29, 0.717) is 31.6 Å². The van der Waals surface area contributed by atoms with Crippen molar-refractivity contribution in [1.29, 1.82) is 0 Å². The molecule has 1 amide bonds. The Morgan fingerprint density at radius 3 is 2.68 bits per heavy atom. The van der Waals surface area contributed by atoms with Gasteiger partial charge in [0.05, 0.1) is 29.5 Å². The largest absolute Gasteiger partial charge is 0.416 e. The number of amides is 1. The molecule has 0 spiro atoms. The second-order valence-electron chi connectivity index (χ2n) is 8.89. The van der Waals surface area contributed by atoms with Gasteiger partial charge in [-0.15, -0.1) is 0 Å². The molecule has 0 unspecified atom stereocenters. The van der Waals surface area contributed by atoms with Gasteiger partial charge < -0.3 is 25.7 Å². The number of nitrogens with two attached hydrogens (primary N) is 1. The van der Waals surface area contributed by atoms with E-state index in [9.17, 15) is 22.8 Å². The third-order valence-electron chi connectivity index (χ3n) is 6.34. The predicted molar refractivity (Wildman–Crippen MR) is 137 cm³/mol. The summed E-state index contributed by atoms with van der Waals surface area (Å²) in [6.45, 7) is 4.33. The number of aliphatic imine (C=N–C) groups is 1. The second-order valence-corrected chi connectivity index (χ2v) is 8.89. The number of nitrogens with zero attached hydrogens (tertiary/aromatic N) is 2. The Kier molecular flexibility index (Phi) is 9.75. The van der Waals surface area contributed by atoms with Crippen LogP contribution in [0.1, 0.15) is 58.9 Å². The van der Waals surface area contributed by atoms with Crippen LogP contribution < -0.4 is 27.4 Å². The minimum absolute atomic E-state index is 0.0397. The fourth-order valence-electron chi connectivity index (χ4n) is 4.31. The summed E-state index contributed by atoms with van der Waals surface area (Å²) in [5, 5.41) is 5.80. The zero-order valence-electron chi connectivity index (χ0n) is 21.5. The molecular weight excluding hydrogens is 505 g/mol. The molecule has 1 aliphatic heterocycles. The van der Waals surface area contributed by atoms with Gasteiger partial charge in [0.2, 0.25) is 5.96 Å². The molecular formula is C25H33F3N6O4. The van der Waals surface area contributed by atoms with Crippen LogP contribution in [0, 0.1) is 6.92 Å². The van der Waals surface area contributed by atoms with Crippen molar-refractivity contribution in [3.8, 4) is 0 Å². The van der Waals surface area contributed by atoms with Gasteiger partial charge in [-0.2, -0.15) is 13.2 Å². The average molecular weight is 539 g/mol. The average Bonchev–Trinajstić information content (AvgIpc) is 2.88. The molecule has 13 heteroatoms. The van der Waals surface area contributed by atoms with Gasteiger partial charge in [0.1, 0.15) is 0 Å². The van der Waals surface area contributed by atoms with Crippen molar-refractivity contribution in [3.63, 3.8) is 0 Å². The minimum Gasteiger partial charge on any atom is -0.382 e. The highest BCUT2D eigenvalue weighted by Crippen LogP contribution is 2.34. The maximum absolute atomic E-state index is 13.4. The molecule has 1 aromatic carbocycles. The maximum atomic E-state index is 13.4. The number of pyridine rings is 1. The van der Waals surface area contributed by atoms with Gasteiger partial charge in [0, 0.05) is 45.1 Å². The van der Waals surface area contributed by atoms with E-state index in [1.54, 1.807) is 13.0 Å². The van der Waals surface area contributed by atoms with Crippen molar-refractivity contribution in [2.45, 2.75) is 44.9 Å². The smallest absolute Gasteiger partial charge is 0.382 e. The summed E-state index contributed by atoms with van der Waals surface area (Å²) >= 11 is 0. The first-order chi connectivity index (χ1) is 18.0. The Balaban J connectivity index is 1.86. The van der Waals surface area contributed by atoms with Gasteiger partial charge in [-0.25, -0.2) is 5.48 Å². The number of nitrogens with one attached hydrogen (secondary N) is 3. The first kappa shape index (κ1) is 29.0. The van der Waals surface area contributed by atoms with Crippen LogP contribution in [-0.2, 0) is 15.8 Å². The van der Waals surface area contributed by atoms with Crippen molar-refractivity contribution in [1.82, 2.24) is 15.4 Å². The first-order valence-electron chi connectivity index (χ1n) is 12.2. The molecule has 0 bridgehead atoms. The van der Waals surface area contributed by atoms with Gasteiger partial charge in [-0.3, -0.25) is 19.4 Å². The summed E-state index contributed by atoms with van der Waals surface area (Å²) < 4.78 is 47.1. The fourth-order valence-corrected chi connectivity index (χ4v) is 4.31. The maximum Gasteiger partial charge on any atom is 0.416 e. The van der Waals surface area contributed by atoms with Gasteiger partial charge in [0.25, 0.3) is 11.5 Å². The molecule has 5 N–H and O–H groups in total. The van der Waals surface area contributed by atoms with Gasteiger partial charge >= 0.3 is 6.18 Å². The van der Waals surface area contributed by atoms with Gasteiger partial charge in [-0.1, -0.05) is 12.1 Å². The fraction of sp³-hybridized carbons (Fsp3) is 0.480. The summed E-state index contributed by atoms with van der Waals surface area (Å²) in [6, 6.07) is 4.34. The summed E-state index contributed by atoms with van der Waals surface area (Å²) in [5.74, 6) is -0.456. The SMILES string of the molecule is CN=C(N)NOCCNc1cc(=O)n(C2CCOCC2)cc1C(=O)N[C@H](C)c1cccc(C(F)(F)F)c1C. The lowest BCUT2D eigenvalue weighted by Gasteiger charge is -2.26. The number of halogens is 3. The van der Waals surface area contributed by atoms with Crippen LogP contribution in [0.2, 0.25) is 0 Å². The lowest BCUT2D eigenvalue weighted by molar-refractivity contribution is -0.138. The number of guanidine groups is 1. The third kappa shape index (κ3) is 7.25. The predicted octanol–water partition coefficient (Wildman–Crippen LogP) is 2.90. The molecule has 1 fully saturated rings. The Hall–Kier alpha value is -3.58. The number of rotatable bonds is 9. The normalized spacial score (nSPS) is 15.7. The summed E-state index contributed by atoms with van der Waals surface area (Å²) in [4.78, 5) is 35.2. The Labute approximate surface area is 218 Å². The van der Waals surface area contributed by atoms with E-state index < -0.39 is 23.7 Å². The first-order valence-corrected chi connectivity index (χ1v) is 12.2. The molecule has 2 heterocycles. The number of anilines is 1. The van der Waals surface area contributed by atoms with E-state index >= 15 is 0 Å². The van der Waals surface area contributed by atoms with Crippen molar-refractivity contribution in [2.24, 2.45) is 10.7 Å². The molecule has 3 rings (SSSR count). The molecule has 0 saturated carbocycles. The van der Waals surface area contributed by atoms with Crippen molar-refractivity contribution in [2.75, 3.05) is 38.7 Å². The van der Waals surface area contributed by atoms with E-state index in [-0.39, 0.29) is 47.5 Å². The van der Waals surface area contributed by atoms with Crippen LogP contribution in [0.15, 0.2) is 40.2 Å². The zero-order valence-corrected chi connectivity index (χ0v) is 21.5. The quantitative estimate of drug-likeness (QED) is 0.167. The number of ether oxygens (including phenoxy) is 1. The molecule has 1 aromatic heterocycles. The molecule has 208 valence electrons. The van der Waals surface area contributed by atoms with Crippen LogP contribution in [0.3, 0.4) is 0 Å². The highest BCUT2D eigenvalue weighted by Gasteiger charge is 2.33. The number of carbonyl (C=O) groups excluding carboxylic acids is 1. The van der Waals surface area contributed by atoms with Gasteiger partial charge in [-0.05, 0) is 43.9 Å². The number of carbonyl (C=O) groups is 1. The lowest BCUT2D eigenvalue weighted by atomic mass is 9.97. The Morgan fingerprint density at radius 2 is 2.03 bits per heavy atom. The van der Waals surface area contributed by atoms with Crippen molar-refractivity contribution in [3.05, 3.63) is 63.1 Å². The Morgan fingerprint density at radius 1 is 1.32 bits per heavy atom. The number of hydrogen-bond donors (Lipinski definition) is 4. The number of alkyl halides is 3. The molecule has 1 saturated heterocycles. The number of benzene rings is 1. The molecule has 0 aliphatic carbocycles. The Bertz CT molecular complexity index is 1210. The molecule has 1 atom stereocenters. The van der Waals surface area contributed by atoms with E-state index in [1.807, 2.05) is 0 Å². The lowest BCUT2D eigenvalue weighted by Crippen LogP contribution is -2.34. The van der Waals surface area contributed by atoms with Crippen LogP contribution >= 0.6 is 0 Å². The summed E-state index contributed by atoms with van der Waals surface area (Å²) in [7, 11) is 1.49. The standard InChI is InChI=1S/C25H33F3N6O4/c1-15-18(5-4-6-20(15)25(26,27)28)16(2)32-23(36)19-14-34(17-7-10-37-11-8-17)22(35)13-21(19)31-9-12-38-33-24(29)30-3/h4-6,13-14,16-17,31H,7-12H2,1-3H3,(H,32,36)(H3,29,30,33)/t16-/m1/s1. The summed E-state index contributed by atoms with van der Waals surface area (Å²) in [5.41, 5.74) is 7.71. The number of hydrogen-bond acceptors (Lipinski definition) is 6. The number of hydroxylamine groups is 1. The third-order valence-corrected chi connectivity index (χ3v) is 6.34. The highest BCUT2D eigenvalue weighted by molar-refractivity contribution is 5.99. The topological polar surface area (TPSA) is 132 Å². The van der Waals surface area contributed by atoms with E-state index in [2.05, 4.69) is 21.1 Å². The molecule has 1 aliphatic rings. The van der Waals surface area contributed by atoms with Gasteiger partial charge in [0.15, 0.2) is 0 Å². The van der Waals surface area contributed by atoms with Crippen LogP contribution in [0.25, 0.3) is 0 Å². The molecule has 38 heavy (non-hydrogen) atoms. The second kappa shape index (κ2) is 12.8. The van der Waals surface area contributed by atoms with E-state index in [1.165, 1.54) is 36.9 Å². The van der Waals surface area contributed by atoms with E-state index in [4.69, 9.17) is 15.3 Å². The molecule has 10 nitrogen and oxygen atoms in total. The summed E-state index contributed by atoms with van der Waals surface area (Å²) in [6.07, 6.45) is -1.78. The highest BCUT2D eigenvalue weighted by atomic mass is 19.4. The monoisotopic (exact) mass is 538 g/mol. The van der Waals surface area contributed by atoms with Crippen LogP contribution in [0.5, 0.6) is 0 Å². The minimum atomic E-state index is -4.51. The van der Waals surface area contributed by atoms with Crippen molar-refractivity contribution >= 4 is 17.6 Å². The number of aromatic nitrogens is 1.